The Labute approximate surface area is 104 Å². The molecule has 1 aromatic carbocycles. The first-order valence-corrected chi connectivity index (χ1v) is 5.10. The van der Waals surface area contributed by atoms with Gasteiger partial charge in [-0.3, -0.25) is 0 Å². The molecule has 16 heavy (non-hydrogen) atoms. The van der Waals surface area contributed by atoms with E-state index in [1.807, 2.05) is 0 Å². The lowest BCUT2D eigenvalue weighted by Gasteiger charge is -2.04. The van der Waals surface area contributed by atoms with Crippen molar-refractivity contribution in [3.63, 3.8) is 0 Å². The van der Waals surface area contributed by atoms with Crippen LogP contribution in [-0.2, 0) is 6.54 Å². The molecule has 5 heteroatoms. The second kappa shape index (κ2) is 6.02. The Morgan fingerprint density at radius 2 is 2.00 bits per heavy atom. The molecule has 3 nitrogen and oxygen atoms in total. The fourth-order valence-corrected chi connectivity index (χ4v) is 1.49. The summed E-state index contributed by atoms with van der Waals surface area (Å²) in [6.07, 6.45) is 1.35. The highest BCUT2D eigenvalue weighted by Gasteiger charge is 2.00. The van der Waals surface area contributed by atoms with Gasteiger partial charge in [-0.2, -0.15) is 10.5 Å². The molecule has 80 valence electrons. The van der Waals surface area contributed by atoms with Gasteiger partial charge in [-0.1, -0.05) is 29.3 Å². The van der Waals surface area contributed by atoms with Crippen molar-refractivity contribution in [2.75, 3.05) is 0 Å². The van der Waals surface area contributed by atoms with Gasteiger partial charge < -0.3 is 5.32 Å². The van der Waals surface area contributed by atoms with E-state index in [0.29, 0.717) is 16.6 Å². The van der Waals surface area contributed by atoms with Crippen molar-refractivity contribution < 1.29 is 0 Å². The summed E-state index contributed by atoms with van der Waals surface area (Å²) < 4.78 is 0. The minimum absolute atomic E-state index is 0.0186. The molecule has 0 radical (unpaired) electrons. The summed E-state index contributed by atoms with van der Waals surface area (Å²) in [5.41, 5.74) is 0.864. The highest BCUT2D eigenvalue weighted by atomic mass is 35.5. The Kier molecular flexibility index (Phi) is 4.66. The lowest BCUT2D eigenvalue weighted by atomic mass is 10.2. The van der Waals surface area contributed by atoms with Gasteiger partial charge in [-0.25, -0.2) is 0 Å². The quantitative estimate of drug-likeness (QED) is 0.841. The molecule has 0 bridgehead atoms. The molecule has 1 N–H and O–H groups in total. The SMILES string of the molecule is N#CC(C#N)=CNCc1ccc(Cl)cc1Cl. The van der Waals surface area contributed by atoms with Crippen LogP contribution in [0.15, 0.2) is 30.0 Å². The van der Waals surface area contributed by atoms with Crippen molar-refractivity contribution in [1.29, 1.82) is 10.5 Å². The number of hydrogen-bond donors (Lipinski definition) is 1. The maximum atomic E-state index is 8.49. The molecule has 0 amide bonds. The number of nitriles is 2. The maximum Gasteiger partial charge on any atom is 0.145 e. The Balaban J connectivity index is 2.67. The van der Waals surface area contributed by atoms with Crippen LogP contribution < -0.4 is 5.32 Å². The number of halogens is 2. The van der Waals surface area contributed by atoms with Crippen LogP contribution in [0.3, 0.4) is 0 Å². The van der Waals surface area contributed by atoms with E-state index in [-0.39, 0.29) is 5.57 Å². The molecule has 0 fully saturated rings. The van der Waals surface area contributed by atoms with Crippen molar-refractivity contribution >= 4 is 23.2 Å². The van der Waals surface area contributed by atoms with E-state index in [9.17, 15) is 0 Å². The Morgan fingerprint density at radius 3 is 2.56 bits per heavy atom. The predicted octanol–water partition coefficient (Wildman–Crippen LogP) is 3.01. The zero-order valence-electron chi connectivity index (χ0n) is 8.17. The molecule has 0 aliphatic heterocycles. The highest BCUT2D eigenvalue weighted by molar-refractivity contribution is 6.35. The van der Waals surface area contributed by atoms with Crippen molar-refractivity contribution in [2.24, 2.45) is 0 Å². The normalized spacial score (nSPS) is 8.75. The first kappa shape index (κ1) is 12.4. The maximum absolute atomic E-state index is 8.49. The summed E-state index contributed by atoms with van der Waals surface area (Å²) in [6, 6.07) is 8.64. The van der Waals surface area contributed by atoms with Gasteiger partial charge in [0, 0.05) is 22.8 Å². The lowest BCUT2D eigenvalue weighted by molar-refractivity contribution is 0.867. The fourth-order valence-electron chi connectivity index (χ4n) is 1.02. The van der Waals surface area contributed by atoms with Crippen LogP contribution in [0, 0.1) is 22.7 Å². The zero-order chi connectivity index (χ0) is 12.0. The van der Waals surface area contributed by atoms with Crippen LogP contribution in [0.5, 0.6) is 0 Å². The van der Waals surface area contributed by atoms with Crippen molar-refractivity contribution in [3.05, 3.63) is 45.6 Å². The van der Waals surface area contributed by atoms with E-state index in [1.165, 1.54) is 6.20 Å². The van der Waals surface area contributed by atoms with Gasteiger partial charge in [0.15, 0.2) is 0 Å². The molecule has 1 rings (SSSR count). The van der Waals surface area contributed by atoms with E-state index in [2.05, 4.69) is 5.32 Å². The van der Waals surface area contributed by atoms with Crippen LogP contribution in [-0.4, -0.2) is 0 Å². The molecule has 0 atom stereocenters. The Bertz CT molecular complexity index is 479. The van der Waals surface area contributed by atoms with Gasteiger partial charge in [-0.15, -0.1) is 0 Å². The van der Waals surface area contributed by atoms with Crippen LogP contribution in [0.25, 0.3) is 0 Å². The third-order valence-electron chi connectivity index (χ3n) is 1.79. The first-order chi connectivity index (χ1) is 7.67. The standard InChI is InChI=1S/C11H7Cl2N3/c12-10-2-1-9(11(13)3-10)7-16-6-8(4-14)5-15/h1-3,6,16H,7H2. The minimum atomic E-state index is 0.0186. The molecule has 0 spiro atoms. The van der Waals surface area contributed by atoms with Crippen LogP contribution in [0.2, 0.25) is 10.0 Å². The van der Waals surface area contributed by atoms with E-state index < -0.39 is 0 Å². The van der Waals surface area contributed by atoms with Gasteiger partial charge in [0.05, 0.1) is 0 Å². The van der Waals surface area contributed by atoms with E-state index in [0.717, 1.165) is 5.56 Å². The van der Waals surface area contributed by atoms with Crippen LogP contribution in [0.1, 0.15) is 5.56 Å². The first-order valence-electron chi connectivity index (χ1n) is 4.35. The third kappa shape index (κ3) is 3.47. The van der Waals surface area contributed by atoms with Crippen LogP contribution in [0.4, 0.5) is 0 Å². The lowest BCUT2D eigenvalue weighted by Crippen LogP contribution is -2.05. The molecule has 1 aromatic rings. The largest absolute Gasteiger partial charge is 0.385 e. The van der Waals surface area contributed by atoms with Crippen molar-refractivity contribution in [2.45, 2.75) is 6.54 Å². The van der Waals surface area contributed by atoms with Crippen molar-refractivity contribution in [3.8, 4) is 12.1 Å². The summed E-state index contributed by atoms with van der Waals surface area (Å²) >= 11 is 11.7. The number of hydrogen-bond acceptors (Lipinski definition) is 3. The summed E-state index contributed by atoms with van der Waals surface area (Å²) in [5.74, 6) is 0. The zero-order valence-corrected chi connectivity index (χ0v) is 9.68. The topological polar surface area (TPSA) is 59.6 Å². The molecular weight excluding hydrogens is 245 g/mol. The molecule has 0 heterocycles. The molecule has 0 saturated heterocycles. The molecule has 0 unspecified atom stereocenters. The average Bonchev–Trinajstić information content (AvgIpc) is 2.27. The van der Waals surface area contributed by atoms with Crippen molar-refractivity contribution in [1.82, 2.24) is 5.32 Å². The minimum Gasteiger partial charge on any atom is -0.385 e. The van der Waals surface area contributed by atoms with E-state index in [1.54, 1.807) is 30.3 Å². The van der Waals surface area contributed by atoms with Gasteiger partial charge >= 0.3 is 0 Å². The smallest absolute Gasteiger partial charge is 0.145 e. The second-order valence-corrected chi connectivity index (χ2v) is 3.74. The van der Waals surface area contributed by atoms with Gasteiger partial charge in [0.1, 0.15) is 17.7 Å². The number of nitrogens with one attached hydrogen (secondary N) is 1. The Morgan fingerprint density at radius 1 is 1.31 bits per heavy atom. The van der Waals surface area contributed by atoms with E-state index in [4.69, 9.17) is 33.7 Å². The monoisotopic (exact) mass is 251 g/mol. The number of rotatable bonds is 3. The molecule has 0 aliphatic rings. The molecule has 0 aromatic heterocycles. The summed E-state index contributed by atoms with van der Waals surface area (Å²) in [7, 11) is 0. The van der Waals surface area contributed by atoms with Crippen LogP contribution >= 0.6 is 23.2 Å². The summed E-state index contributed by atoms with van der Waals surface area (Å²) in [6.45, 7) is 0.433. The molecule has 0 aliphatic carbocycles. The summed E-state index contributed by atoms with van der Waals surface area (Å²) in [5, 5.41) is 20.9. The number of benzene rings is 1. The second-order valence-electron chi connectivity index (χ2n) is 2.90. The fraction of sp³-hybridized carbons (Fsp3) is 0.0909. The van der Waals surface area contributed by atoms with Gasteiger partial charge in [-0.05, 0) is 17.7 Å². The third-order valence-corrected chi connectivity index (χ3v) is 2.38. The van der Waals surface area contributed by atoms with Gasteiger partial charge in [0.25, 0.3) is 0 Å². The number of allylic oxidation sites excluding steroid dienone is 1. The predicted molar refractivity (Wildman–Crippen MR) is 62.6 cm³/mol. The number of nitrogens with zero attached hydrogens (tertiary/aromatic N) is 2. The molecule has 0 saturated carbocycles. The Hall–Kier alpha value is -1.68. The average molecular weight is 252 g/mol. The van der Waals surface area contributed by atoms with E-state index >= 15 is 0 Å². The molecular formula is C11H7Cl2N3. The van der Waals surface area contributed by atoms with Gasteiger partial charge in [0.2, 0.25) is 0 Å². The summed E-state index contributed by atoms with van der Waals surface area (Å²) in [4.78, 5) is 0. The highest BCUT2D eigenvalue weighted by Crippen LogP contribution is 2.20.